The van der Waals surface area contributed by atoms with E-state index in [0.29, 0.717) is 0 Å². The first-order chi connectivity index (χ1) is 8.52. The van der Waals surface area contributed by atoms with E-state index in [1.807, 2.05) is 6.92 Å². The lowest BCUT2D eigenvalue weighted by molar-refractivity contribution is 0.661. The molecule has 0 aliphatic heterocycles. The molecule has 0 aliphatic carbocycles. The maximum Gasteiger partial charge on any atom is 0.0943 e. The van der Waals surface area contributed by atoms with Crippen LogP contribution < -0.4 is 5.73 Å². The second-order valence-electron chi connectivity index (χ2n) is 5.05. The molecule has 1 heterocycles. The Balaban J connectivity index is 2.00. The standard InChI is InChI=1S/C15H20N2S/c1-10-4-11(2)6-13(5-10)7-14(16)8-15-17-12(3)9-18-15/h4-6,9,14H,7-8,16H2,1-3H3. The van der Waals surface area contributed by atoms with Crippen LogP contribution in [-0.4, -0.2) is 11.0 Å². The molecule has 0 spiro atoms. The zero-order valence-electron chi connectivity index (χ0n) is 11.2. The van der Waals surface area contributed by atoms with E-state index in [9.17, 15) is 0 Å². The number of nitrogens with zero attached hydrogens (tertiary/aromatic N) is 1. The molecule has 0 saturated heterocycles. The van der Waals surface area contributed by atoms with Gasteiger partial charge in [0.05, 0.1) is 5.01 Å². The van der Waals surface area contributed by atoms with Crippen LogP contribution in [0.3, 0.4) is 0 Å². The van der Waals surface area contributed by atoms with Gasteiger partial charge in [0.2, 0.25) is 0 Å². The molecule has 1 atom stereocenters. The molecule has 2 rings (SSSR count). The summed E-state index contributed by atoms with van der Waals surface area (Å²) in [6, 6.07) is 6.79. The highest BCUT2D eigenvalue weighted by molar-refractivity contribution is 7.09. The predicted molar refractivity (Wildman–Crippen MR) is 78.2 cm³/mol. The van der Waals surface area contributed by atoms with Crippen LogP contribution >= 0.6 is 11.3 Å². The highest BCUT2D eigenvalue weighted by Gasteiger charge is 2.08. The smallest absolute Gasteiger partial charge is 0.0943 e. The molecule has 0 radical (unpaired) electrons. The topological polar surface area (TPSA) is 38.9 Å². The Morgan fingerprint density at radius 2 is 1.78 bits per heavy atom. The van der Waals surface area contributed by atoms with Gasteiger partial charge in [-0.2, -0.15) is 0 Å². The first-order valence-electron chi connectivity index (χ1n) is 6.26. The summed E-state index contributed by atoms with van der Waals surface area (Å²) in [7, 11) is 0. The van der Waals surface area contributed by atoms with Gasteiger partial charge in [0, 0.05) is 23.5 Å². The molecule has 0 bridgehead atoms. The predicted octanol–water partition coefficient (Wildman–Crippen LogP) is 3.18. The van der Waals surface area contributed by atoms with E-state index in [2.05, 4.69) is 42.4 Å². The van der Waals surface area contributed by atoms with Crippen molar-refractivity contribution in [2.24, 2.45) is 5.73 Å². The minimum atomic E-state index is 0.150. The molecule has 0 amide bonds. The molecular formula is C15H20N2S. The Kier molecular flexibility index (Phi) is 4.15. The fourth-order valence-corrected chi connectivity index (χ4v) is 3.15. The minimum absolute atomic E-state index is 0.150. The molecule has 0 saturated carbocycles. The second kappa shape index (κ2) is 5.63. The molecule has 1 aromatic carbocycles. The van der Waals surface area contributed by atoms with Crippen molar-refractivity contribution in [3.05, 3.63) is 51.0 Å². The minimum Gasteiger partial charge on any atom is -0.327 e. The lowest BCUT2D eigenvalue weighted by Gasteiger charge is -2.11. The number of hydrogen-bond acceptors (Lipinski definition) is 3. The SMILES string of the molecule is Cc1cc(C)cc(CC(N)Cc2nc(C)cs2)c1. The van der Waals surface area contributed by atoms with Gasteiger partial charge in [-0.15, -0.1) is 11.3 Å². The summed E-state index contributed by atoms with van der Waals surface area (Å²) in [4.78, 5) is 4.47. The number of aromatic nitrogens is 1. The quantitative estimate of drug-likeness (QED) is 0.917. The number of hydrogen-bond donors (Lipinski definition) is 1. The van der Waals surface area contributed by atoms with Crippen LogP contribution in [0.4, 0.5) is 0 Å². The van der Waals surface area contributed by atoms with E-state index < -0.39 is 0 Å². The van der Waals surface area contributed by atoms with Gasteiger partial charge >= 0.3 is 0 Å². The van der Waals surface area contributed by atoms with Crippen LogP contribution in [0, 0.1) is 20.8 Å². The zero-order valence-corrected chi connectivity index (χ0v) is 12.1. The molecule has 1 aromatic heterocycles. The van der Waals surface area contributed by atoms with Gasteiger partial charge < -0.3 is 5.73 Å². The molecule has 1 unspecified atom stereocenters. The molecule has 0 aliphatic rings. The summed E-state index contributed by atoms with van der Waals surface area (Å²) in [5.74, 6) is 0. The molecule has 0 fully saturated rings. The normalized spacial score (nSPS) is 12.7. The van der Waals surface area contributed by atoms with Crippen molar-refractivity contribution in [3.8, 4) is 0 Å². The third-order valence-corrected chi connectivity index (χ3v) is 3.87. The van der Waals surface area contributed by atoms with Gasteiger partial charge in [-0.3, -0.25) is 0 Å². The average molecular weight is 260 g/mol. The highest BCUT2D eigenvalue weighted by Crippen LogP contribution is 2.14. The molecule has 3 heteroatoms. The molecule has 2 aromatic rings. The third kappa shape index (κ3) is 3.65. The maximum absolute atomic E-state index is 6.21. The Morgan fingerprint density at radius 1 is 1.11 bits per heavy atom. The van der Waals surface area contributed by atoms with Gasteiger partial charge in [0.15, 0.2) is 0 Å². The highest BCUT2D eigenvalue weighted by atomic mass is 32.1. The van der Waals surface area contributed by atoms with Crippen LogP contribution in [-0.2, 0) is 12.8 Å². The largest absolute Gasteiger partial charge is 0.327 e. The van der Waals surface area contributed by atoms with Crippen molar-refractivity contribution in [1.29, 1.82) is 0 Å². The number of nitrogens with two attached hydrogens (primary N) is 1. The van der Waals surface area contributed by atoms with Crippen molar-refractivity contribution in [2.75, 3.05) is 0 Å². The van der Waals surface area contributed by atoms with E-state index in [4.69, 9.17) is 5.73 Å². The van der Waals surface area contributed by atoms with Crippen LogP contribution in [0.1, 0.15) is 27.4 Å². The number of thiazole rings is 1. The zero-order chi connectivity index (χ0) is 13.1. The lowest BCUT2D eigenvalue weighted by atomic mass is 10.0. The summed E-state index contributed by atoms with van der Waals surface area (Å²) >= 11 is 1.70. The van der Waals surface area contributed by atoms with Gasteiger partial charge in [-0.05, 0) is 32.8 Å². The molecule has 18 heavy (non-hydrogen) atoms. The van der Waals surface area contributed by atoms with Crippen molar-refractivity contribution >= 4 is 11.3 Å². The van der Waals surface area contributed by atoms with Gasteiger partial charge in [-0.1, -0.05) is 29.3 Å². The van der Waals surface area contributed by atoms with Crippen molar-refractivity contribution < 1.29 is 0 Å². The number of benzene rings is 1. The number of aryl methyl sites for hydroxylation is 3. The van der Waals surface area contributed by atoms with Crippen LogP contribution in [0.2, 0.25) is 0 Å². The Morgan fingerprint density at radius 3 is 2.33 bits per heavy atom. The van der Waals surface area contributed by atoms with E-state index >= 15 is 0 Å². The monoisotopic (exact) mass is 260 g/mol. The fourth-order valence-electron chi connectivity index (χ4n) is 2.28. The van der Waals surface area contributed by atoms with Crippen molar-refractivity contribution in [3.63, 3.8) is 0 Å². The Bertz CT molecular complexity index is 511. The van der Waals surface area contributed by atoms with Gasteiger partial charge in [-0.25, -0.2) is 4.98 Å². The van der Waals surface area contributed by atoms with E-state index in [1.54, 1.807) is 11.3 Å². The summed E-state index contributed by atoms with van der Waals surface area (Å²) in [5.41, 5.74) is 11.2. The van der Waals surface area contributed by atoms with Gasteiger partial charge in [0.25, 0.3) is 0 Å². The maximum atomic E-state index is 6.21. The summed E-state index contributed by atoms with van der Waals surface area (Å²) in [6.45, 7) is 6.29. The molecule has 96 valence electrons. The van der Waals surface area contributed by atoms with E-state index in [-0.39, 0.29) is 6.04 Å². The summed E-state index contributed by atoms with van der Waals surface area (Å²) in [5, 5.41) is 3.23. The Hall–Kier alpha value is -1.19. The molecule has 2 N–H and O–H groups in total. The van der Waals surface area contributed by atoms with E-state index in [1.165, 1.54) is 16.7 Å². The fraction of sp³-hybridized carbons (Fsp3) is 0.400. The van der Waals surface area contributed by atoms with Crippen LogP contribution in [0.5, 0.6) is 0 Å². The first-order valence-corrected chi connectivity index (χ1v) is 7.14. The molecular weight excluding hydrogens is 240 g/mol. The van der Waals surface area contributed by atoms with Gasteiger partial charge in [0.1, 0.15) is 0 Å². The average Bonchev–Trinajstić information content (AvgIpc) is 2.61. The van der Waals surface area contributed by atoms with Crippen LogP contribution in [0.15, 0.2) is 23.6 Å². The second-order valence-corrected chi connectivity index (χ2v) is 5.99. The third-order valence-electron chi connectivity index (χ3n) is 2.88. The lowest BCUT2D eigenvalue weighted by Crippen LogP contribution is -2.25. The first kappa shape index (κ1) is 13.2. The van der Waals surface area contributed by atoms with Crippen molar-refractivity contribution in [2.45, 2.75) is 39.7 Å². The molecule has 2 nitrogen and oxygen atoms in total. The summed E-state index contributed by atoms with van der Waals surface area (Å²) < 4.78 is 0. The Labute approximate surface area is 113 Å². The van der Waals surface area contributed by atoms with Crippen molar-refractivity contribution in [1.82, 2.24) is 4.98 Å². The summed E-state index contributed by atoms with van der Waals surface area (Å²) in [6.07, 6.45) is 1.78. The number of rotatable bonds is 4. The van der Waals surface area contributed by atoms with Crippen LogP contribution in [0.25, 0.3) is 0 Å². The van der Waals surface area contributed by atoms with E-state index in [0.717, 1.165) is 23.5 Å².